The molecule has 176 valence electrons. The van der Waals surface area contributed by atoms with Crippen LogP contribution in [0.1, 0.15) is 42.3 Å². The van der Waals surface area contributed by atoms with Crippen molar-refractivity contribution in [2.45, 2.75) is 37.6 Å². The van der Waals surface area contributed by atoms with Crippen LogP contribution in [0.2, 0.25) is 0 Å². The molecule has 0 aliphatic carbocycles. The highest BCUT2D eigenvalue weighted by molar-refractivity contribution is 7.89. The third-order valence-corrected chi connectivity index (χ3v) is 6.90. The highest BCUT2D eigenvalue weighted by atomic mass is 32.2. The van der Waals surface area contributed by atoms with E-state index < -0.39 is 10.0 Å². The number of carbonyl (C=O) groups excluding carboxylic acids is 1. The van der Waals surface area contributed by atoms with Gasteiger partial charge in [0.1, 0.15) is 0 Å². The van der Waals surface area contributed by atoms with Crippen molar-refractivity contribution in [2.75, 3.05) is 5.32 Å². The molecule has 0 fully saturated rings. The molecule has 0 radical (unpaired) electrons. The molecule has 0 saturated carbocycles. The summed E-state index contributed by atoms with van der Waals surface area (Å²) in [4.78, 5) is 29.4. The van der Waals surface area contributed by atoms with Gasteiger partial charge >= 0.3 is 5.69 Å². The number of fused-ring (bicyclic) bond motifs is 1. The molecule has 0 bridgehead atoms. The Kier molecular flexibility index (Phi) is 6.16. The first-order valence-corrected chi connectivity index (χ1v) is 12.2. The number of imidazole rings is 1. The van der Waals surface area contributed by atoms with E-state index in [0.717, 1.165) is 11.1 Å². The first kappa shape index (κ1) is 23.5. The van der Waals surface area contributed by atoms with Crippen LogP contribution in [-0.4, -0.2) is 24.3 Å². The van der Waals surface area contributed by atoms with E-state index in [2.05, 4.69) is 40.8 Å². The van der Waals surface area contributed by atoms with Gasteiger partial charge in [0.2, 0.25) is 10.0 Å². The number of aromatic nitrogens is 2. The van der Waals surface area contributed by atoms with E-state index in [4.69, 9.17) is 0 Å². The molecule has 9 heteroatoms. The fourth-order valence-electron chi connectivity index (χ4n) is 3.48. The maximum absolute atomic E-state index is 12.6. The van der Waals surface area contributed by atoms with Gasteiger partial charge in [-0.15, -0.1) is 0 Å². The quantitative estimate of drug-likeness (QED) is 0.336. The maximum Gasteiger partial charge on any atom is 0.323 e. The summed E-state index contributed by atoms with van der Waals surface area (Å²) in [6.45, 7) is 6.31. The molecular formula is C25H26N4O4S. The second-order valence-electron chi connectivity index (χ2n) is 9.09. The lowest BCUT2D eigenvalue weighted by molar-refractivity contribution is 0.102. The summed E-state index contributed by atoms with van der Waals surface area (Å²) in [5.41, 5.74) is 3.62. The summed E-state index contributed by atoms with van der Waals surface area (Å²) in [6.07, 6.45) is 0. The summed E-state index contributed by atoms with van der Waals surface area (Å²) in [5, 5.41) is 2.79. The number of anilines is 1. The second kappa shape index (κ2) is 8.92. The standard InChI is InChI=1S/C25H26N4O4S/c1-25(2,3)18-8-11-20(12-9-18)34(32,33)26-15-16-4-6-17(7-5-16)23(30)27-19-10-13-21-22(14-19)29-24(31)28-21/h4-14,26H,15H2,1-3H3,(H,27,30)(H2,28,29,31). The third-order valence-electron chi connectivity index (χ3n) is 5.49. The monoisotopic (exact) mass is 478 g/mol. The van der Waals surface area contributed by atoms with E-state index in [1.54, 1.807) is 54.6 Å². The largest absolute Gasteiger partial charge is 0.323 e. The van der Waals surface area contributed by atoms with E-state index in [1.165, 1.54) is 0 Å². The Labute approximate surface area is 197 Å². The lowest BCUT2D eigenvalue weighted by Gasteiger charge is -2.19. The maximum atomic E-state index is 12.6. The Morgan fingerprint density at radius 3 is 2.18 bits per heavy atom. The molecule has 0 aliphatic rings. The van der Waals surface area contributed by atoms with Crippen molar-refractivity contribution in [3.05, 3.63) is 93.9 Å². The number of amides is 1. The molecule has 1 amide bonds. The Bertz CT molecular complexity index is 1490. The van der Waals surface area contributed by atoms with Gasteiger partial charge in [0.25, 0.3) is 5.91 Å². The van der Waals surface area contributed by atoms with Crippen LogP contribution in [0.3, 0.4) is 0 Å². The van der Waals surface area contributed by atoms with E-state index in [-0.39, 0.29) is 28.5 Å². The fourth-order valence-corrected chi connectivity index (χ4v) is 4.50. The average Bonchev–Trinajstić information content (AvgIpc) is 3.17. The number of nitrogens with one attached hydrogen (secondary N) is 4. The van der Waals surface area contributed by atoms with Gasteiger partial charge in [0, 0.05) is 17.8 Å². The molecule has 0 saturated heterocycles. The van der Waals surface area contributed by atoms with Crippen molar-refractivity contribution in [3.63, 3.8) is 0 Å². The van der Waals surface area contributed by atoms with Crippen molar-refractivity contribution in [2.24, 2.45) is 0 Å². The number of sulfonamides is 1. The van der Waals surface area contributed by atoms with Crippen molar-refractivity contribution in [3.8, 4) is 0 Å². The number of carbonyl (C=O) groups is 1. The Balaban J connectivity index is 1.38. The number of benzene rings is 3. The molecule has 3 aromatic carbocycles. The fraction of sp³-hybridized carbons (Fsp3) is 0.200. The summed E-state index contributed by atoms with van der Waals surface area (Å²) in [7, 11) is -3.66. The molecule has 1 heterocycles. The van der Waals surface area contributed by atoms with Crippen molar-refractivity contribution in [1.82, 2.24) is 14.7 Å². The van der Waals surface area contributed by atoms with Gasteiger partial charge in [-0.25, -0.2) is 17.9 Å². The lowest BCUT2D eigenvalue weighted by Crippen LogP contribution is -2.23. The van der Waals surface area contributed by atoms with Crippen LogP contribution >= 0.6 is 0 Å². The number of hydrogen-bond acceptors (Lipinski definition) is 4. The topological polar surface area (TPSA) is 124 Å². The first-order chi connectivity index (χ1) is 16.0. The van der Waals surface area contributed by atoms with Gasteiger partial charge in [-0.2, -0.15) is 0 Å². The average molecular weight is 479 g/mol. The Morgan fingerprint density at radius 2 is 1.53 bits per heavy atom. The number of H-pyrrole nitrogens is 2. The van der Waals surface area contributed by atoms with Gasteiger partial charge in [-0.1, -0.05) is 45.0 Å². The molecule has 0 unspecified atom stereocenters. The zero-order chi connectivity index (χ0) is 24.5. The zero-order valence-electron chi connectivity index (χ0n) is 19.1. The van der Waals surface area contributed by atoms with E-state index in [9.17, 15) is 18.0 Å². The van der Waals surface area contributed by atoms with Crippen molar-refractivity contribution in [1.29, 1.82) is 0 Å². The van der Waals surface area contributed by atoms with E-state index >= 15 is 0 Å². The van der Waals surface area contributed by atoms with Gasteiger partial charge in [0.05, 0.1) is 15.9 Å². The van der Waals surface area contributed by atoms with Crippen LogP contribution < -0.4 is 15.7 Å². The first-order valence-electron chi connectivity index (χ1n) is 10.7. The SMILES string of the molecule is CC(C)(C)c1ccc(S(=O)(=O)NCc2ccc(C(=O)Nc3ccc4[nH]c(=O)[nH]c4c3)cc2)cc1. The predicted molar refractivity (Wildman–Crippen MR) is 132 cm³/mol. The number of hydrogen-bond donors (Lipinski definition) is 4. The lowest BCUT2D eigenvalue weighted by atomic mass is 9.87. The van der Waals surface area contributed by atoms with Crippen LogP contribution in [0.4, 0.5) is 5.69 Å². The molecule has 0 atom stereocenters. The van der Waals surface area contributed by atoms with Gasteiger partial charge in [-0.05, 0) is 59.0 Å². The molecule has 0 aliphatic heterocycles. The summed E-state index contributed by atoms with van der Waals surface area (Å²) >= 11 is 0. The summed E-state index contributed by atoms with van der Waals surface area (Å²) in [5.74, 6) is -0.316. The van der Waals surface area contributed by atoms with Crippen LogP contribution in [-0.2, 0) is 22.0 Å². The van der Waals surface area contributed by atoms with Crippen LogP contribution in [0.25, 0.3) is 11.0 Å². The Morgan fingerprint density at radius 1 is 0.882 bits per heavy atom. The number of aromatic amines is 2. The highest BCUT2D eigenvalue weighted by Crippen LogP contribution is 2.23. The molecule has 4 aromatic rings. The van der Waals surface area contributed by atoms with Gasteiger partial charge in [-0.3, -0.25) is 4.79 Å². The molecule has 8 nitrogen and oxygen atoms in total. The van der Waals surface area contributed by atoms with Crippen LogP contribution in [0, 0.1) is 0 Å². The predicted octanol–water partition coefficient (Wildman–Crippen LogP) is 3.88. The Hall–Kier alpha value is -3.69. The minimum atomic E-state index is -3.66. The van der Waals surface area contributed by atoms with Gasteiger partial charge < -0.3 is 15.3 Å². The van der Waals surface area contributed by atoms with Crippen molar-refractivity contribution >= 4 is 32.7 Å². The molecular weight excluding hydrogens is 452 g/mol. The second-order valence-corrected chi connectivity index (χ2v) is 10.9. The summed E-state index contributed by atoms with van der Waals surface area (Å²) in [6, 6.07) is 18.6. The van der Waals surface area contributed by atoms with Crippen molar-refractivity contribution < 1.29 is 13.2 Å². The smallest absolute Gasteiger partial charge is 0.322 e. The van der Waals surface area contributed by atoms with Gasteiger partial charge in [0.15, 0.2) is 0 Å². The molecule has 4 N–H and O–H groups in total. The number of rotatable bonds is 6. The summed E-state index contributed by atoms with van der Waals surface area (Å²) < 4.78 is 27.9. The molecule has 34 heavy (non-hydrogen) atoms. The molecule has 0 spiro atoms. The minimum Gasteiger partial charge on any atom is -0.322 e. The zero-order valence-corrected chi connectivity index (χ0v) is 19.9. The highest BCUT2D eigenvalue weighted by Gasteiger charge is 2.17. The third kappa shape index (κ3) is 5.27. The minimum absolute atomic E-state index is 0.0581. The van der Waals surface area contributed by atoms with Crippen LogP contribution in [0.5, 0.6) is 0 Å². The van der Waals surface area contributed by atoms with E-state index in [1.807, 2.05) is 12.1 Å². The van der Waals surface area contributed by atoms with E-state index in [0.29, 0.717) is 22.3 Å². The normalized spacial score (nSPS) is 12.1. The van der Waals surface area contributed by atoms with Crippen LogP contribution in [0.15, 0.2) is 76.4 Å². The molecule has 1 aromatic heterocycles. The molecule has 4 rings (SSSR count).